The van der Waals surface area contributed by atoms with Crippen LogP contribution in [0.2, 0.25) is 0 Å². The van der Waals surface area contributed by atoms with Crippen LogP contribution < -0.4 is 0 Å². The summed E-state index contributed by atoms with van der Waals surface area (Å²) in [4.78, 5) is 14.1. The third-order valence-electron chi connectivity index (χ3n) is 2.42. The Labute approximate surface area is 76.7 Å². The molecule has 1 aromatic heterocycles. The number of fused-ring (bicyclic) bond motifs is 1. The molecule has 0 N–H and O–H groups in total. The molecule has 68 valence electrons. The average Bonchev–Trinajstić information content (AvgIpc) is 2.57. The molecular formula is C10H11NO2. The van der Waals surface area contributed by atoms with E-state index in [1.807, 2.05) is 18.5 Å². The molecule has 0 saturated heterocycles. The van der Waals surface area contributed by atoms with Crippen molar-refractivity contribution in [2.24, 2.45) is 5.92 Å². The number of hydrogen-bond donors (Lipinski definition) is 0. The Bertz CT molecular complexity index is 287. The van der Waals surface area contributed by atoms with Crippen molar-refractivity contribution in [3.8, 4) is 0 Å². The molecule has 1 aliphatic carbocycles. The molecule has 0 aliphatic heterocycles. The van der Waals surface area contributed by atoms with Gasteiger partial charge in [-0.2, -0.15) is 0 Å². The van der Waals surface area contributed by atoms with E-state index < -0.39 is 0 Å². The average molecular weight is 177 g/mol. The Balaban J connectivity index is 2.01. The molecule has 3 nitrogen and oxygen atoms in total. The molecule has 3 heteroatoms. The van der Waals surface area contributed by atoms with Gasteiger partial charge in [0.1, 0.15) is 0 Å². The first-order chi connectivity index (χ1) is 6.40. The molecule has 0 radical (unpaired) electrons. The fourth-order valence-corrected chi connectivity index (χ4v) is 1.83. The van der Waals surface area contributed by atoms with Gasteiger partial charge in [0, 0.05) is 18.3 Å². The van der Waals surface area contributed by atoms with Crippen molar-refractivity contribution in [2.75, 3.05) is 6.61 Å². The Kier molecular flexibility index (Phi) is 2.25. The summed E-state index contributed by atoms with van der Waals surface area (Å²) in [7, 11) is 0. The van der Waals surface area contributed by atoms with Crippen molar-refractivity contribution in [3.63, 3.8) is 0 Å². The minimum atomic E-state index is 0.449. The number of ether oxygens (including phenoxy) is 1. The molecule has 0 bridgehead atoms. The van der Waals surface area contributed by atoms with Crippen molar-refractivity contribution in [2.45, 2.75) is 12.8 Å². The summed E-state index contributed by atoms with van der Waals surface area (Å²) < 4.78 is 4.75. The van der Waals surface area contributed by atoms with E-state index in [2.05, 4.69) is 4.98 Å². The van der Waals surface area contributed by atoms with Crippen LogP contribution in [0, 0.1) is 5.92 Å². The summed E-state index contributed by atoms with van der Waals surface area (Å²) in [5, 5.41) is 0. The molecule has 0 saturated carbocycles. The zero-order chi connectivity index (χ0) is 9.10. The van der Waals surface area contributed by atoms with Crippen molar-refractivity contribution >= 4 is 6.47 Å². The highest BCUT2D eigenvalue weighted by Crippen LogP contribution is 2.25. The lowest BCUT2D eigenvalue weighted by Gasteiger charge is -2.05. The Morgan fingerprint density at radius 2 is 2.38 bits per heavy atom. The molecule has 1 heterocycles. The van der Waals surface area contributed by atoms with Crippen LogP contribution in [0.15, 0.2) is 18.5 Å². The molecule has 1 aliphatic rings. The topological polar surface area (TPSA) is 39.2 Å². The van der Waals surface area contributed by atoms with E-state index >= 15 is 0 Å². The standard InChI is InChI=1S/C10H11NO2/c12-7-13-6-8-3-9-1-2-11-5-10(9)4-8/h1-2,5,7-8H,3-4,6H2. The monoisotopic (exact) mass is 177 g/mol. The molecule has 0 spiro atoms. The van der Waals surface area contributed by atoms with Crippen molar-refractivity contribution in [1.29, 1.82) is 0 Å². The number of rotatable bonds is 3. The Morgan fingerprint density at radius 1 is 1.54 bits per heavy atom. The van der Waals surface area contributed by atoms with Gasteiger partial charge in [0.2, 0.25) is 0 Å². The molecule has 1 aromatic rings. The first-order valence-corrected chi connectivity index (χ1v) is 4.37. The van der Waals surface area contributed by atoms with E-state index in [1.54, 1.807) is 0 Å². The van der Waals surface area contributed by atoms with Gasteiger partial charge >= 0.3 is 0 Å². The molecular weight excluding hydrogens is 166 g/mol. The molecule has 1 unspecified atom stereocenters. The summed E-state index contributed by atoms with van der Waals surface area (Å²) in [5.74, 6) is 0.449. The zero-order valence-electron chi connectivity index (χ0n) is 7.27. The van der Waals surface area contributed by atoms with Crippen LogP contribution in [0.5, 0.6) is 0 Å². The second-order valence-electron chi connectivity index (χ2n) is 3.35. The normalized spacial score (nSPS) is 19.5. The third-order valence-corrected chi connectivity index (χ3v) is 2.42. The van der Waals surface area contributed by atoms with Crippen LogP contribution >= 0.6 is 0 Å². The van der Waals surface area contributed by atoms with Crippen LogP contribution in [0.4, 0.5) is 0 Å². The molecule has 2 rings (SSSR count). The fraction of sp³-hybridized carbons (Fsp3) is 0.400. The highest BCUT2D eigenvalue weighted by atomic mass is 16.5. The van der Waals surface area contributed by atoms with Gasteiger partial charge < -0.3 is 4.74 Å². The highest BCUT2D eigenvalue weighted by Gasteiger charge is 2.21. The number of nitrogens with zero attached hydrogens (tertiary/aromatic N) is 1. The maximum absolute atomic E-state index is 10.00. The summed E-state index contributed by atoms with van der Waals surface area (Å²) >= 11 is 0. The minimum absolute atomic E-state index is 0.449. The Morgan fingerprint density at radius 3 is 3.15 bits per heavy atom. The second-order valence-corrected chi connectivity index (χ2v) is 3.35. The molecule has 0 aromatic carbocycles. The lowest BCUT2D eigenvalue weighted by atomic mass is 10.1. The van der Waals surface area contributed by atoms with Gasteiger partial charge in [0.15, 0.2) is 0 Å². The third kappa shape index (κ3) is 1.69. The number of aromatic nitrogens is 1. The largest absolute Gasteiger partial charge is 0.468 e. The fourth-order valence-electron chi connectivity index (χ4n) is 1.83. The van der Waals surface area contributed by atoms with Crippen molar-refractivity contribution in [3.05, 3.63) is 29.6 Å². The van der Waals surface area contributed by atoms with Crippen molar-refractivity contribution in [1.82, 2.24) is 4.98 Å². The number of pyridine rings is 1. The van der Waals surface area contributed by atoms with E-state index in [0.717, 1.165) is 12.8 Å². The van der Waals surface area contributed by atoms with Crippen molar-refractivity contribution < 1.29 is 9.53 Å². The minimum Gasteiger partial charge on any atom is -0.468 e. The van der Waals surface area contributed by atoms with E-state index in [1.165, 1.54) is 11.1 Å². The van der Waals surface area contributed by atoms with Gasteiger partial charge in [-0.25, -0.2) is 0 Å². The smallest absolute Gasteiger partial charge is 0.293 e. The van der Waals surface area contributed by atoms with E-state index in [4.69, 9.17) is 4.74 Å². The predicted octanol–water partition coefficient (Wildman–Crippen LogP) is 0.969. The maximum Gasteiger partial charge on any atom is 0.293 e. The molecule has 1 atom stereocenters. The van der Waals surface area contributed by atoms with Gasteiger partial charge in [-0.15, -0.1) is 0 Å². The Hall–Kier alpha value is -1.38. The first-order valence-electron chi connectivity index (χ1n) is 4.37. The van der Waals surface area contributed by atoms with Gasteiger partial charge in [-0.3, -0.25) is 9.78 Å². The highest BCUT2D eigenvalue weighted by molar-refractivity contribution is 5.37. The lowest BCUT2D eigenvalue weighted by Crippen LogP contribution is -2.08. The number of carbonyl (C=O) groups is 1. The summed E-state index contributed by atoms with van der Waals surface area (Å²) in [5.41, 5.74) is 2.64. The van der Waals surface area contributed by atoms with Crippen LogP contribution in [-0.4, -0.2) is 18.1 Å². The van der Waals surface area contributed by atoms with Crippen LogP contribution in [0.1, 0.15) is 11.1 Å². The summed E-state index contributed by atoms with van der Waals surface area (Å²) in [6, 6.07) is 2.04. The predicted molar refractivity (Wildman–Crippen MR) is 47.2 cm³/mol. The quantitative estimate of drug-likeness (QED) is 0.646. The molecule has 0 amide bonds. The van der Waals surface area contributed by atoms with Crippen LogP contribution in [0.25, 0.3) is 0 Å². The number of hydrogen-bond acceptors (Lipinski definition) is 3. The van der Waals surface area contributed by atoms with Crippen LogP contribution in [-0.2, 0) is 22.4 Å². The summed E-state index contributed by atoms with van der Waals surface area (Å²) in [6.07, 6.45) is 5.70. The van der Waals surface area contributed by atoms with Gasteiger partial charge in [-0.1, -0.05) is 0 Å². The maximum atomic E-state index is 10.00. The van der Waals surface area contributed by atoms with E-state index in [0.29, 0.717) is 19.0 Å². The van der Waals surface area contributed by atoms with Gasteiger partial charge in [0.05, 0.1) is 6.61 Å². The molecule has 0 fully saturated rings. The van der Waals surface area contributed by atoms with Crippen LogP contribution in [0.3, 0.4) is 0 Å². The first kappa shape index (κ1) is 8.23. The second kappa shape index (κ2) is 3.56. The lowest BCUT2D eigenvalue weighted by molar-refractivity contribution is -0.129. The SMILES string of the molecule is O=COCC1Cc2ccncc2C1. The van der Waals surface area contributed by atoms with Gasteiger partial charge in [0.25, 0.3) is 6.47 Å². The van der Waals surface area contributed by atoms with E-state index in [-0.39, 0.29) is 0 Å². The molecule has 13 heavy (non-hydrogen) atoms. The van der Waals surface area contributed by atoms with Gasteiger partial charge in [-0.05, 0) is 30.0 Å². The number of carbonyl (C=O) groups excluding carboxylic acids is 1. The summed E-state index contributed by atoms with van der Waals surface area (Å²) in [6.45, 7) is 1.04. The zero-order valence-corrected chi connectivity index (χ0v) is 7.27. The van der Waals surface area contributed by atoms with E-state index in [9.17, 15) is 4.79 Å².